The van der Waals surface area contributed by atoms with E-state index in [9.17, 15) is 5.41 Å². The molecule has 0 radical (unpaired) electrons. The molecule has 1 atom stereocenters. The fourth-order valence-electron chi connectivity index (χ4n) is 10.9. The molecule has 1 aromatic heterocycles. The van der Waals surface area contributed by atoms with E-state index in [0.29, 0.717) is 17.1 Å². The van der Waals surface area contributed by atoms with Crippen LogP contribution in [0, 0.1) is 5.41 Å². The first-order chi connectivity index (χ1) is 33.1. The van der Waals surface area contributed by atoms with Gasteiger partial charge in [-0.1, -0.05) is 158 Å². The number of hydrogen-bond acceptors (Lipinski definition) is 4. The van der Waals surface area contributed by atoms with Crippen molar-refractivity contribution >= 4 is 96.2 Å². The molecule has 316 valence electrons. The number of allylic oxidation sites excluding steroid dienone is 7. The Morgan fingerprint density at radius 3 is 2.09 bits per heavy atom. The molecule has 10 aromatic rings. The van der Waals surface area contributed by atoms with E-state index in [2.05, 4.69) is 245 Å². The highest BCUT2D eigenvalue weighted by Gasteiger charge is 2.30. The standard InChI is InChI=1S/C62H42N4S/c63-61-57(36-34-50(62(61)64-67)45-24-21-42-29-35-56-60(54(42)37-45)52-18-7-8-20-55(52)66(56)47-16-5-2-6-17-47)65(48-30-25-40(26-31-48)39-11-3-1-4-12-39)49-32-27-41(28-33-49)53-38-46-15-9-13-43-22-23-44-14-10-19-51(53)59(44)58(43)46/h1-14,16-38,53,63,67H,15H2/b63-61?,64-62-. The maximum atomic E-state index is 9.94. The zero-order valence-electron chi connectivity index (χ0n) is 36.4. The van der Waals surface area contributed by atoms with Crippen LogP contribution in [0.25, 0.3) is 77.4 Å². The number of fused-ring (bicyclic) bond motifs is 5. The van der Waals surface area contributed by atoms with E-state index in [0.717, 1.165) is 67.6 Å². The zero-order chi connectivity index (χ0) is 44.6. The zero-order valence-corrected chi connectivity index (χ0v) is 37.3. The van der Waals surface area contributed by atoms with Crippen LogP contribution >= 0.6 is 12.8 Å². The normalized spacial score (nSPS) is 15.9. The third kappa shape index (κ3) is 6.30. The Hall–Kier alpha value is -8.25. The Bertz CT molecular complexity index is 3830. The first kappa shape index (κ1) is 39.1. The Kier molecular flexibility index (Phi) is 9.19. The molecule has 0 saturated carbocycles. The van der Waals surface area contributed by atoms with E-state index in [1.165, 1.54) is 49.4 Å². The number of rotatable bonds is 7. The van der Waals surface area contributed by atoms with Crippen LogP contribution in [-0.2, 0) is 0 Å². The topological polar surface area (TPSA) is 44.4 Å². The predicted octanol–water partition coefficient (Wildman–Crippen LogP) is 16.1. The lowest BCUT2D eigenvalue weighted by atomic mass is 9.75. The van der Waals surface area contributed by atoms with Crippen molar-refractivity contribution < 1.29 is 0 Å². The van der Waals surface area contributed by atoms with Gasteiger partial charge < -0.3 is 9.47 Å². The minimum Gasteiger partial charge on any atom is -0.309 e. The van der Waals surface area contributed by atoms with Crippen molar-refractivity contribution in [3.63, 3.8) is 0 Å². The van der Waals surface area contributed by atoms with E-state index >= 15 is 0 Å². The first-order valence-electron chi connectivity index (χ1n) is 22.9. The van der Waals surface area contributed by atoms with Crippen LogP contribution in [0.15, 0.2) is 229 Å². The highest BCUT2D eigenvalue weighted by Crippen LogP contribution is 2.47. The van der Waals surface area contributed by atoms with Crippen molar-refractivity contribution in [1.82, 2.24) is 4.57 Å². The molecule has 0 spiro atoms. The van der Waals surface area contributed by atoms with Crippen LogP contribution in [0.3, 0.4) is 0 Å². The lowest BCUT2D eigenvalue weighted by molar-refractivity contribution is 1.02. The molecule has 0 amide bonds. The number of aromatic nitrogens is 1. The van der Waals surface area contributed by atoms with E-state index in [-0.39, 0.29) is 5.92 Å². The summed E-state index contributed by atoms with van der Waals surface area (Å²) in [5.41, 5.74) is 17.6. The average molecular weight is 875 g/mol. The van der Waals surface area contributed by atoms with Gasteiger partial charge in [0.15, 0.2) is 0 Å². The van der Waals surface area contributed by atoms with Crippen molar-refractivity contribution in [2.45, 2.75) is 12.3 Å². The van der Waals surface area contributed by atoms with Gasteiger partial charge in [-0.15, -0.1) is 0 Å². The molecular weight excluding hydrogens is 833 g/mol. The van der Waals surface area contributed by atoms with Gasteiger partial charge >= 0.3 is 0 Å². The van der Waals surface area contributed by atoms with Gasteiger partial charge in [-0.25, -0.2) is 4.40 Å². The molecule has 0 saturated heterocycles. The fourth-order valence-corrected chi connectivity index (χ4v) is 11.1. The van der Waals surface area contributed by atoms with Crippen LogP contribution in [-0.4, -0.2) is 16.0 Å². The second-order valence-corrected chi connectivity index (χ2v) is 17.8. The van der Waals surface area contributed by atoms with Crippen molar-refractivity contribution in [2.75, 3.05) is 4.90 Å². The van der Waals surface area contributed by atoms with Crippen LogP contribution in [0.2, 0.25) is 0 Å². The van der Waals surface area contributed by atoms with Crippen LogP contribution in [0.1, 0.15) is 40.2 Å². The van der Waals surface area contributed by atoms with Gasteiger partial charge in [0.25, 0.3) is 0 Å². The summed E-state index contributed by atoms with van der Waals surface area (Å²) in [7, 11) is 0. The summed E-state index contributed by atoms with van der Waals surface area (Å²) < 4.78 is 6.92. The smallest absolute Gasteiger partial charge is 0.106 e. The number of thiol groups is 1. The van der Waals surface area contributed by atoms with Crippen molar-refractivity contribution in [3.05, 3.63) is 252 Å². The molecule has 3 aliphatic carbocycles. The first-order valence-corrected chi connectivity index (χ1v) is 23.3. The Balaban J connectivity index is 0.930. The summed E-state index contributed by atoms with van der Waals surface area (Å²) in [5, 5.41) is 17.3. The highest BCUT2D eigenvalue weighted by molar-refractivity contribution is 7.79. The molecule has 5 heteroatoms. The molecule has 0 bridgehead atoms. The molecular formula is C62H42N4S. The number of para-hydroxylation sites is 2. The average Bonchev–Trinajstić information content (AvgIpc) is 3.74. The Labute approximate surface area is 394 Å². The summed E-state index contributed by atoms with van der Waals surface area (Å²) in [4.78, 5) is 2.18. The molecule has 4 nitrogen and oxygen atoms in total. The largest absolute Gasteiger partial charge is 0.309 e. The summed E-state index contributed by atoms with van der Waals surface area (Å²) in [6, 6.07) is 69.5. The number of nitrogens with one attached hydrogen (secondary N) is 1. The fraction of sp³-hybridized carbons (Fsp3) is 0.0323. The summed E-state index contributed by atoms with van der Waals surface area (Å²) in [6.45, 7) is 0. The third-order valence-corrected chi connectivity index (χ3v) is 14.2. The molecule has 0 aliphatic heterocycles. The highest BCUT2D eigenvalue weighted by atomic mass is 32.1. The van der Waals surface area contributed by atoms with E-state index < -0.39 is 0 Å². The molecule has 9 aromatic carbocycles. The molecule has 1 unspecified atom stereocenters. The van der Waals surface area contributed by atoms with E-state index in [1.807, 2.05) is 6.07 Å². The number of nitrogens with zero attached hydrogens (tertiary/aromatic N) is 3. The van der Waals surface area contributed by atoms with Crippen LogP contribution in [0.4, 0.5) is 11.4 Å². The van der Waals surface area contributed by atoms with Crippen LogP contribution < -0.4 is 4.90 Å². The second kappa shape index (κ2) is 15.7. The predicted molar refractivity (Wildman–Crippen MR) is 286 cm³/mol. The molecule has 0 fully saturated rings. The van der Waals surface area contributed by atoms with Crippen molar-refractivity contribution in [3.8, 4) is 16.8 Å². The lowest BCUT2D eigenvalue weighted by Gasteiger charge is -2.31. The quantitative estimate of drug-likeness (QED) is 0.122. The summed E-state index contributed by atoms with van der Waals surface area (Å²) in [6.07, 6.45) is 12.1. The Morgan fingerprint density at radius 1 is 0.582 bits per heavy atom. The van der Waals surface area contributed by atoms with Gasteiger partial charge in [0, 0.05) is 39.3 Å². The molecule has 3 aliphatic rings. The van der Waals surface area contributed by atoms with Crippen molar-refractivity contribution in [2.24, 2.45) is 4.40 Å². The maximum absolute atomic E-state index is 9.94. The monoisotopic (exact) mass is 874 g/mol. The molecule has 1 heterocycles. The molecule has 67 heavy (non-hydrogen) atoms. The van der Waals surface area contributed by atoms with Gasteiger partial charge in [-0.2, -0.15) is 0 Å². The SMILES string of the molecule is N=C1C(N(c2ccc(-c3ccccc3)cc2)c2ccc(C3C=C4CC=Cc5ccc6cccc3c6c54)cc2)=CC=C(c2ccc3ccc4c(c3c2)c2ccccc2n4-c2ccccc2)/C1=N/S. The number of benzene rings is 9. The minimum atomic E-state index is 0.124. The maximum Gasteiger partial charge on any atom is 0.106 e. The van der Waals surface area contributed by atoms with Gasteiger partial charge in [-0.3, -0.25) is 5.41 Å². The summed E-state index contributed by atoms with van der Waals surface area (Å²) >= 11 is 4.58. The van der Waals surface area contributed by atoms with Gasteiger partial charge in [0.05, 0.1) is 16.7 Å². The van der Waals surface area contributed by atoms with Crippen molar-refractivity contribution in [1.29, 1.82) is 5.41 Å². The van der Waals surface area contributed by atoms with E-state index in [1.54, 1.807) is 0 Å². The van der Waals surface area contributed by atoms with Crippen LogP contribution in [0.5, 0.6) is 0 Å². The molecule has 1 N–H and O–H groups in total. The Morgan fingerprint density at radius 2 is 1.28 bits per heavy atom. The number of hydrogen-bond donors (Lipinski definition) is 2. The number of anilines is 2. The molecule has 13 rings (SSSR count). The van der Waals surface area contributed by atoms with Gasteiger partial charge in [-0.05, 0) is 152 Å². The minimum absolute atomic E-state index is 0.124. The third-order valence-electron chi connectivity index (χ3n) is 14.0. The summed E-state index contributed by atoms with van der Waals surface area (Å²) in [5.74, 6) is 0.124. The van der Waals surface area contributed by atoms with Gasteiger partial charge in [0.2, 0.25) is 0 Å². The lowest BCUT2D eigenvalue weighted by Crippen LogP contribution is -2.30. The second-order valence-electron chi connectivity index (χ2n) is 17.6. The van der Waals surface area contributed by atoms with E-state index in [4.69, 9.17) is 0 Å². The van der Waals surface area contributed by atoms with Gasteiger partial charge in [0.1, 0.15) is 11.4 Å².